The first-order valence-corrected chi connectivity index (χ1v) is 7.98. The highest BCUT2D eigenvalue weighted by molar-refractivity contribution is 5.98. The lowest BCUT2D eigenvalue weighted by Gasteiger charge is -2.30. The lowest BCUT2D eigenvalue weighted by Crippen LogP contribution is -2.44. The number of rotatable bonds is 8. The van der Waals surface area contributed by atoms with Gasteiger partial charge < -0.3 is 14.8 Å². The number of hydrogen-bond donors (Lipinski definition) is 1. The fourth-order valence-corrected chi connectivity index (χ4v) is 2.55. The molecule has 0 saturated heterocycles. The van der Waals surface area contributed by atoms with Gasteiger partial charge in [0.2, 0.25) is 0 Å². The lowest BCUT2D eigenvalue weighted by atomic mass is 9.93. The SMILES string of the molecule is CCOc1ccc(NC(=O)[C@](C)(CC(C)C)OCC)c(C#N)c1. The molecular weight excluding hydrogens is 292 g/mol. The lowest BCUT2D eigenvalue weighted by molar-refractivity contribution is -0.140. The van der Waals surface area contributed by atoms with Crippen LogP contribution in [0.5, 0.6) is 5.75 Å². The van der Waals surface area contributed by atoms with Crippen molar-refractivity contribution in [1.82, 2.24) is 0 Å². The highest BCUT2D eigenvalue weighted by Gasteiger charge is 2.35. The van der Waals surface area contributed by atoms with Crippen LogP contribution in [0.1, 0.15) is 46.6 Å². The molecule has 0 heterocycles. The van der Waals surface area contributed by atoms with E-state index < -0.39 is 5.60 Å². The van der Waals surface area contributed by atoms with E-state index in [4.69, 9.17) is 9.47 Å². The number of carbonyl (C=O) groups is 1. The second kappa shape index (κ2) is 8.54. The standard InChI is InChI=1S/C18H26N2O3/c1-6-22-15-8-9-16(14(10-15)12-19)20-17(21)18(5,23-7-2)11-13(3)4/h8-10,13H,6-7,11H2,1-5H3,(H,20,21)/t18-/m0/s1. The molecule has 0 fully saturated rings. The summed E-state index contributed by atoms with van der Waals surface area (Å²) in [6.45, 7) is 10.6. The van der Waals surface area contributed by atoms with Crippen molar-refractivity contribution in [3.05, 3.63) is 23.8 Å². The molecule has 1 atom stereocenters. The maximum atomic E-state index is 12.7. The van der Waals surface area contributed by atoms with Crippen LogP contribution in [0.4, 0.5) is 5.69 Å². The number of ether oxygens (including phenoxy) is 2. The van der Waals surface area contributed by atoms with E-state index >= 15 is 0 Å². The first-order chi connectivity index (χ1) is 10.9. The van der Waals surface area contributed by atoms with Crippen LogP contribution in [-0.4, -0.2) is 24.7 Å². The van der Waals surface area contributed by atoms with Gasteiger partial charge in [0, 0.05) is 6.61 Å². The van der Waals surface area contributed by atoms with E-state index in [0.29, 0.717) is 42.6 Å². The molecule has 1 rings (SSSR count). The number of benzene rings is 1. The van der Waals surface area contributed by atoms with Gasteiger partial charge in [-0.1, -0.05) is 13.8 Å². The summed E-state index contributed by atoms with van der Waals surface area (Å²) < 4.78 is 11.1. The number of carbonyl (C=O) groups excluding carboxylic acids is 1. The van der Waals surface area contributed by atoms with Crippen LogP contribution in [0, 0.1) is 17.2 Å². The quantitative estimate of drug-likeness (QED) is 0.792. The third-order valence-corrected chi connectivity index (χ3v) is 3.41. The van der Waals surface area contributed by atoms with Gasteiger partial charge in [-0.3, -0.25) is 4.79 Å². The molecule has 0 aromatic heterocycles. The topological polar surface area (TPSA) is 71.3 Å². The highest BCUT2D eigenvalue weighted by Crippen LogP contribution is 2.26. The Morgan fingerprint density at radius 1 is 1.35 bits per heavy atom. The molecule has 23 heavy (non-hydrogen) atoms. The fourth-order valence-electron chi connectivity index (χ4n) is 2.55. The molecule has 1 amide bonds. The maximum absolute atomic E-state index is 12.7. The van der Waals surface area contributed by atoms with E-state index in [1.54, 1.807) is 25.1 Å². The summed E-state index contributed by atoms with van der Waals surface area (Å²) in [5.74, 6) is 0.679. The van der Waals surface area contributed by atoms with E-state index in [2.05, 4.69) is 11.4 Å². The molecule has 5 heteroatoms. The Bertz CT molecular complexity index is 578. The zero-order valence-corrected chi connectivity index (χ0v) is 14.6. The molecule has 0 saturated carbocycles. The molecule has 0 spiro atoms. The van der Waals surface area contributed by atoms with Gasteiger partial charge in [0.05, 0.1) is 17.9 Å². The van der Waals surface area contributed by atoms with Gasteiger partial charge in [0.25, 0.3) is 5.91 Å². The molecule has 126 valence electrons. The zero-order chi connectivity index (χ0) is 17.5. The Labute approximate surface area is 138 Å². The monoisotopic (exact) mass is 318 g/mol. The Morgan fingerprint density at radius 3 is 2.57 bits per heavy atom. The first kappa shape index (κ1) is 19.0. The third kappa shape index (κ3) is 5.26. The number of anilines is 1. The van der Waals surface area contributed by atoms with Crippen molar-refractivity contribution >= 4 is 11.6 Å². The minimum absolute atomic E-state index is 0.242. The van der Waals surface area contributed by atoms with Gasteiger partial charge in [0.1, 0.15) is 17.4 Å². The van der Waals surface area contributed by atoms with E-state index in [0.717, 1.165) is 0 Å². The minimum atomic E-state index is -0.922. The summed E-state index contributed by atoms with van der Waals surface area (Å²) in [5.41, 5.74) is -0.0860. The van der Waals surface area contributed by atoms with Gasteiger partial charge in [-0.2, -0.15) is 5.26 Å². The molecular formula is C18H26N2O3. The second-order valence-corrected chi connectivity index (χ2v) is 5.97. The number of nitrogens with one attached hydrogen (secondary N) is 1. The zero-order valence-electron chi connectivity index (χ0n) is 14.6. The summed E-state index contributed by atoms with van der Waals surface area (Å²) in [4.78, 5) is 12.7. The summed E-state index contributed by atoms with van der Waals surface area (Å²) >= 11 is 0. The van der Waals surface area contributed by atoms with Crippen molar-refractivity contribution in [2.45, 2.75) is 46.6 Å². The number of nitriles is 1. The summed E-state index contributed by atoms with van der Waals surface area (Å²) in [7, 11) is 0. The molecule has 0 aliphatic heterocycles. The van der Waals surface area contributed by atoms with Crippen LogP contribution in [0.25, 0.3) is 0 Å². The van der Waals surface area contributed by atoms with Crippen LogP contribution in [0.15, 0.2) is 18.2 Å². The summed E-state index contributed by atoms with van der Waals surface area (Å²) in [6.07, 6.45) is 0.603. The van der Waals surface area contributed by atoms with Crippen molar-refractivity contribution in [3.8, 4) is 11.8 Å². The van der Waals surface area contributed by atoms with Crippen LogP contribution in [0.3, 0.4) is 0 Å². The Morgan fingerprint density at radius 2 is 2.04 bits per heavy atom. The fraction of sp³-hybridized carbons (Fsp3) is 0.556. The average molecular weight is 318 g/mol. The van der Waals surface area contributed by atoms with Gasteiger partial charge >= 0.3 is 0 Å². The first-order valence-electron chi connectivity index (χ1n) is 7.98. The predicted molar refractivity (Wildman–Crippen MR) is 90.4 cm³/mol. The molecule has 1 N–H and O–H groups in total. The Balaban J connectivity index is 3.00. The van der Waals surface area contributed by atoms with E-state index in [-0.39, 0.29) is 5.91 Å². The predicted octanol–water partition coefficient (Wildman–Crippen LogP) is 3.74. The van der Waals surface area contributed by atoms with Gasteiger partial charge in [0.15, 0.2) is 0 Å². The van der Waals surface area contributed by atoms with Gasteiger partial charge in [-0.15, -0.1) is 0 Å². The molecule has 0 bridgehead atoms. The Kier molecular flexibility index (Phi) is 7.05. The van der Waals surface area contributed by atoms with Crippen molar-refractivity contribution in [2.75, 3.05) is 18.5 Å². The molecule has 5 nitrogen and oxygen atoms in total. The smallest absolute Gasteiger partial charge is 0.256 e. The second-order valence-electron chi connectivity index (χ2n) is 5.97. The van der Waals surface area contributed by atoms with E-state index in [1.807, 2.05) is 27.7 Å². The van der Waals surface area contributed by atoms with Crippen molar-refractivity contribution in [3.63, 3.8) is 0 Å². The van der Waals surface area contributed by atoms with E-state index in [1.165, 1.54) is 0 Å². The van der Waals surface area contributed by atoms with Gasteiger partial charge in [-0.05, 0) is 51.3 Å². The third-order valence-electron chi connectivity index (χ3n) is 3.41. The van der Waals surface area contributed by atoms with Crippen LogP contribution in [-0.2, 0) is 9.53 Å². The normalized spacial score (nSPS) is 13.3. The van der Waals surface area contributed by atoms with Crippen molar-refractivity contribution in [1.29, 1.82) is 5.26 Å². The van der Waals surface area contributed by atoms with Gasteiger partial charge in [-0.25, -0.2) is 0 Å². The molecule has 1 aromatic carbocycles. The maximum Gasteiger partial charge on any atom is 0.256 e. The van der Waals surface area contributed by atoms with E-state index in [9.17, 15) is 10.1 Å². The van der Waals surface area contributed by atoms with Crippen molar-refractivity contribution in [2.24, 2.45) is 5.92 Å². The van der Waals surface area contributed by atoms with Crippen LogP contribution in [0.2, 0.25) is 0 Å². The molecule has 1 aromatic rings. The van der Waals surface area contributed by atoms with Crippen LogP contribution >= 0.6 is 0 Å². The summed E-state index contributed by atoms with van der Waals surface area (Å²) in [6, 6.07) is 7.13. The van der Waals surface area contributed by atoms with Crippen LogP contribution < -0.4 is 10.1 Å². The minimum Gasteiger partial charge on any atom is -0.494 e. The molecule has 0 aliphatic rings. The van der Waals surface area contributed by atoms with Crippen molar-refractivity contribution < 1.29 is 14.3 Å². The Hall–Kier alpha value is -2.06. The number of amides is 1. The average Bonchev–Trinajstić information content (AvgIpc) is 2.48. The summed E-state index contributed by atoms with van der Waals surface area (Å²) in [5, 5.41) is 12.1. The number of nitrogens with zero attached hydrogens (tertiary/aromatic N) is 1. The molecule has 0 radical (unpaired) electrons. The largest absolute Gasteiger partial charge is 0.494 e. The highest BCUT2D eigenvalue weighted by atomic mass is 16.5. The molecule has 0 aliphatic carbocycles. The molecule has 0 unspecified atom stereocenters. The number of hydrogen-bond acceptors (Lipinski definition) is 4.